The summed E-state index contributed by atoms with van der Waals surface area (Å²) in [5.74, 6) is 0.253. The number of aromatic nitrogens is 2. The van der Waals surface area contributed by atoms with Crippen molar-refractivity contribution in [2.75, 3.05) is 7.11 Å². The molecule has 0 aliphatic rings. The zero-order valence-corrected chi connectivity index (χ0v) is 14.2. The quantitative estimate of drug-likeness (QED) is 0.413. The maximum Gasteiger partial charge on any atom is 0.337 e. The monoisotopic (exact) mass is 346 g/mol. The van der Waals surface area contributed by atoms with Gasteiger partial charge in [0.1, 0.15) is 4.70 Å². The molecule has 5 nitrogen and oxygen atoms in total. The van der Waals surface area contributed by atoms with E-state index in [1.165, 1.54) is 30.2 Å². The van der Waals surface area contributed by atoms with Crippen molar-refractivity contribution in [2.45, 2.75) is 10.9 Å². The van der Waals surface area contributed by atoms with Crippen LogP contribution >= 0.6 is 23.1 Å². The average Bonchev–Trinajstić information content (AvgIpc) is 3.05. The van der Waals surface area contributed by atoms with E-state index in [1.54, 1.807) is 23.7 Å². The fraction of sp³-hybridized carbons (Fsp3) is 0.188. The van der Waals surface area contributed by atoms with Crippen LogP contribution in [0.4, 0.5) is 0 Å². The summed E-state index contributed by atoms with van der Waals surface area (Å²) < 4.78 is 6.96. The highest BCUT2D eigenvalue weighted by Gasteiger charge is 2.11. The normalized spacial score (nSPS) is 10.9. The number of carbonyl (C=O) groups excluding carboxylic acids is 1. The van der Waals surface area contributed by atoms with Crippen LogP contribution < -0.4 is 5.56 Å². The van der Waals surface area contributed by atoms with Gasteiger partial charge in [-0.1, -0.05) is 23.9 Å². The molecule has 0 saturated heterocycles. The van der Waals surface area contributed by atoms with Gasteiger partial charge < -0.3 is 4.74 Å². The third-order valence-corrected chi connectivity index (χ3v) is 5.36. The van der Waals surface area contributed by atoms with E-state index in [4.69, 9.17) is 4.74 Å². The molecule has 0 spiro atoms. The summed E-state index contributed by atoms with van der Waals surface area (Å²) in [6.45, 7) is 0. The topological polar surface area (TPSA) is 61.2 Å². The molecule has 23 heavy (non-hydrogen) atoms. The van der Waals surface area contributed by atoms with Crippen LogP contribution in [0.25, 0.3) is 10.2 Å². The molecule has 2 aromatic heterocycles. The Labute approximate surface area is 140 Å². The van der Waals surface area contributed by atoms with Gasteiger partial charge in [-0.25, -0.2) is 9.78 Å². The number of rotatable bonds is 4. The number of benzene rings is 1. The van der Waals surface area contributed by atoms with Gasteiger partial charge in [-0.15, -0.1) is 11.3 Å². The fourth-order valence-electron chi connectivity index (χ4n) is 2.15. The highest BCUT2D eigenvalue weighted by atomic mass is 32.2. The SMILES string of the molecule is COC(=O)c1cccc(CSc2nc3ccsc3c(=O)n2C)c1. The molecule has 2 heterocycles. The van der Waals surface area contributed by atoms with Crippen LogP contribution in [0.1, 0.15) is 15.9 Å². The van der Waals surface area contributed by atoms with Crippen molar-refractivity contribution in [3.63, 3.8) is 0 Å². The molecule has 0 aliphatic heterocycles. The lowest BCUT2D eigenvalue weighted by molar-refractivity contribution is 0.0600. The molecule has 7 heteroatoms. The van der Waals surface area contributed by atoms with E-state index < -0.39 is 0 Å². The highest BCUT2D eigenvalue weighted by molar-refractivity contribution is 7.98. The minimum absolute atomic E-state index is 0.0317. The van der Waals surface area contributed by atoms with Gasteiger partial charge >= 0.3 is 5.97 Å². The van der Waals surface area contributed by atoms with Crippen molar-refractivity contribution in [3.05, 3.63) is 57.2 Å². The largest absolute Gasteiger partial charge is 0.465 e. The summed E-state index contributed by atoms with van der Waals surface area (Å²) in [4.78, 5) is 28.4. The second kappa shape index (κ2) is 6.55. The first-order valence-electron chi connectivity index (χ1n) is 6.84. The first-order valence-corrected chi connectivity index (χ1v) is 8.71. The standard InChI is InChI=1S/C16H14N2O3S2/c1-18-14(19)13-12(6-7-22-13)17-16(18)23-9-10-4-3-5-11(8-10)15(20)21-2/h3-8H,9H2,1-2H3. The van der Waals surface area contributed by atoms with Crippen molar-refractivity contribution in [2.24, 2.45) is 7.05 Å². The second-order valence-corrected chi connectivity index (χ2v) is 6.73. The van der Waals surface area contributed by atoms with Crippen molar-refractivity contribution in [1.82, 2.24) is 9.55 Å². The zero-order valence-electron chi connectivity index (χ0n) is 12.6. The molecule has 1 aromatic carbocycles. The Bertz CT molecular complexity index is 930. The smallest absolute Gasteiger partial charge is 0.337 e. The molecule has 118 valence electrons. The Balaban J connectivity index is 1.85. The average molecular weight is 346 g/mol. The first-order chi connectivity index (χ1) is 11.1. The number of ether oxygens (including phenoxy) is 1. The molecule has 0 atom stereocenters. The highest BCUT2D eigenvalue weighted by Crippen LogP contribution is 2.23. The van der Waals surface area contributed by atoms with E-state index in [0.29, 0.717) is 21.2 Å². The summed E-state index contributed by atoms with van der Waals surface area (Å²) in [6.07, 6.45) is 0. The molecule has 0 bridgehead atoms. The summed E-state index contributed by atoms with van der Waals surface area (Å²) in [7, 11) is 3.08. The van der Waals surface area contributed by atoms with Crippen LogP contribution in [0.15, 0.2) is 45.7 Å². The van der Waals surface area contributed by atoms with Gasteiger partial charge in [0.05, 0.1) is 18.2 Å². The maximum atomic E-state index is 12.3. The van der Waals surface area contributed by atoms with Crippen LogP contribution in [0.3, 0.4) is 0 Å². The van der Waals surface area contributed by atoms with Gasteiger partial charge in [0.2, 0.25) is 0 Å². The number of hydrogen-bond acceptors (Lipinski definition) is 6. The lowest BCUT2D eigenvalue weighted by Gasteiger charge is -2.07. The Morgan fingerprint density at radius 3 is 3.00 bits per heavy atom. The predicted molar refractivity (Wildman–Crippen MR) is 92.2 cm³/mol. The fourth-order valence-corrected chi connectivity index (χ4v) is 3.87. The number of hydrogen-bond donors (Lipinski definition) is 0. The van der Waals surface area contributed by atoms with E-state index in [2.05, 4.69) is 4.98 Å². The minimum atomic E-state index is -0.359. The van der Waals surface area contributed by atoms with E-state index in [0.717, 1.165) is 11.1 Å². The van der Waals surface area contributed by atoms with Crippen LogP contribution in [0.5, 0.6) is 0 Å². The number of thiophene rings is 1. The van der Waals surface area contributed by atoms with Crippen LogP contribution in [0.2, 0.25) is 0 Å². The molecular formula is C16H14N2O3S2. The molecule has 0 aliphatic carbocycles. The number of esters is 1. The third-order valence-electron chi connectivity index (χ3n) is 3.36. The number of nitrogens with zero attached hydrogens (tertiary/aromatic N) is 2. The molecule has 0 radical (unpaired) electrons. The molecule has 3 rings (SSSR count). The molecule has 0 saturated carbocycles. The van der Waals surface area contributed by atoms with Gasteiger partial charge in [0.15, 0.2) is 5.16 Å². The van der Waals surface area contributed by atoms with Gasteiger partial charge in [-0.3, -0.25) is 9.36 Å². The van der Waals surface area contributed by atoms with Crippen molar-refractivity contribution in [1.29, 1.82) is 0 Å². The van der Waals surface area contributed by atoms with Gasteiger partial charge in [0, 0.05) is 12.8 Å². The molecule has 3 aromatic rings. The molecule has 0 fully saturated rings. The predicted octanol–water partition coefficient (Wildman–Crippen LogP) is 3.07. The van der Waals surface area contributed by atoms with E-state index in [1.807, 2.05) is 23.6 Å². The molecule has 0 amide bonds. The van der Waals surface area contributed by atoms with Crippen LogP contribution in [0, 0.1) is 0 Å². The van der Waals surface area contributed by atoms with Gasteiger partial charge in [-0.05, 0) is 29.1 Å². The summed E-state index contributed by atoms with van der Waals surface area (Å²) in [6, 6.07) is 9.10. The summed E-state index contributed by atoms with van der Waals surface area (Å²) >= 11 is 2.87. The Morgan fingerprint density at radius 1 is 1.39 bits per heavy atom. The number of thioether (sulfide) groups is 1. The zero-order chi connectivity index (χ0) is 16.4. The van der Waals surface area contributed by atoms with E-state index >= 15 is 0 Å². The molecular weight excluding hydrogens is 332 g/mol. The summed E-state index contributed by atoms with van der Waals surface area (Å²) in [5.41, 5.74) is 2.18. The number of methoxy groups -OCH3 is 1. The van der Waals surface area contributed by atoms with Crippen molar-refractivity contribution >= 4 is 39.3 Å². The molecule has 0 N–H and O–H groups in total. The maximum absolute atomic E-state index is 12.3. The Hall–Kier alpha value is -2.12. The Kier molecular flexibility index (Phi) is 4.49. The number of fused-ring (bicyclic) bond motifs is 1. The van der Waals surface area contributed by atoms with E-state index in [9.17, 15) is 9.59 Å². The van der Waals surface area contributed by atoms with Crippen molar-refractivity contribution in [3.8, 4) is 0 Å². The van der Waals surface area contributed by atoms with Crippen LogP contribution in [-0.4, -0.2) is 22.6 Å². The summed E-state index contributed by atoms with van der Waals surface area (Å²) in [5, 5.41) is 2.53. The van der Waals surface area contributed by atoms with E-state index in [-0.39, 0.29) is 11.5 Å². The van der Waals surface area contributed by atoms with Gasteiger partial charge in [0.25, 0.3) is 5.56 Å². The second-order valence-electron chi connectivity index (χ2n) is 4.87. The van der Waals surface area contributed by atoms with Gasteiger partial charge in [-0.2, -0.15) is 0 Å². The number of carbonyl (C=O) groups is 1. The van der Waals surface area contributed by atoms with Crippen LogP contribution in [-0.2, 0) is 17.5 Å². The minimum Gasteiger partial charge on any atom is -0.465 e. The lowest BCUT2D eigenvalue weighted by atomic mass is 10.1. The first kappa shape index (κ1) is 15.8. The molecule has 0 unspecified atom stereocenters. The Morgan fingerprint density at radius 2 is 2.22 bits per heavy atom. The third kappa shape index (κ3) is 3.16. The van der Waals surface area contributed by atoms with Crippen molar-refractivity contribution < 1.29 is 9.53 Å². The lowest BCUT2D eigenvalue weighted by Crippen LogP contribution is -2.18.